The van der Waals surface area contributed by atoms with E-state index in [1.807, 2.05) is 0 Å². The molecule has 1 aromatic rings. The molecule has 0 atom stereocenters. The molecule has 0 aliphatic heterocycles. The predicted molar refractivity (Wildman–Crippen MR) is 59.9 cm³/mol. The van der Waals surface area contributed by atoms with Gasteiger partial charge < -0.3 is 5.21 Å². The third-order valence-corrected chi connectivity index (χ3v) is 0.891. The second-order valence-corrected chi connectivity index (χ2v) is 2.24. The maximum atomic E-state index is 8.06. The molecule has 0 unspecified atom stereocenters. The lowest BCUT2D eigenvalue weighted by Gasteiger charge is -1.84. The van der Waals surface area contributed by atoms with E-state index in [0.717, 1.165) is 5.56 Å². The average molecular weight is 247 g/mol. The van der Waals surface area contributed by atoms with Crippen molar-refractivity contribution in [1.29, 1.82) is 0 Å². The molecule has 0 amide bonds. The van der Waals surface area contributed by atoms with Crippen LogP contribution in [-0.2, 0) is 0 Å². The minimum Gasteiger partial charge on any atom is -0.411 e. The highest BCUT2D eigenvalue weighted by Crippen LogP contribution is 1.88. The summed E-state index contributed by atoms with van der Waals surface area (Å²) in [7, 11) is 0. The topological polar surface area (TPSA) is 45.5 Å². The Hall–Kier alpha value is -0.900. The van der Waals surface area contributed by atoms with Crippen molar-refractivity contribution in [3.63, 3.8) is 0 Å². The first kappa shape index (κ1) is 14.6. The van der Waals surface area contributed by atoms with Gasteiger partial charge in [0.2, 0.25) is 0 Å². The highest BCUT2D eigenvalue weighted by atomic mass is 79.9. The van der Waals surface area contributed by atoms with E-state index in [9.17, 15) is 0 Å². The lowest BCUT2D eigenvalue weighted by molar-refractivity contribution is 0.322. The van der Waals surface area contributed by atoms with Crippen LogP contribution in [0.4, 0.5) is 0 Å². The first-order valence-corrected chi connectivity index (χ1v) is 3.92. The van der Waals surface area contributed by atoms with Gasteiger partial charge in [0.1, 0.15) is 0 Å². The maximum Gasteiger partial charge on any atom is 0.0749 e. The van der Waals surface area contributed by atoms with Crippen molar-refractivity contribution < 1.29 is 5.21 Å². The molecule has 0 spiro atoms. The Morgan fingerprint density at radius 1 is 1.54 bits per heavy atom. The number of aromatic nitrogens is 1. The Balaban J connectivity index is 0. The van der Waals surface area contributed by atoms with E-state index in [1.54, 1.807) is 24.5 Å². The molecular formula is C9H15BrN2O. The number of halogens is 1. The highest BCUT2D eigenvalue weighted by molar-refractivity contribution is 8.93. The van der Waals surface area contributed by atoms with Gasteiger partial charge in [0.15, 0.2) is 0 Å². The third-order valence-electron chi connectivity index (χ3n) is 0.891. The third kappa shape index (κ3) is 9.01. The minimum atomic E-state index is 0. The van der Waals surface area contributed by atoms with Crippen LogP contribution in [0.3, 0.4) is 0 Å². The molecular weight excluding hydrogens is 232 g/mol. The summed E-state index contributed by atoms with van der Waals surface area (Å²) in [4.78, 5) is 3.80. The van der Waals surface area contributed by atoms with Gasteiger partial charge in [-0.15, -0.1) is 17.0 Å². The Morgan fingerprint density at radius 2 is 2.15 bits per heavy atom. The van der Waals surface area contributed by atoms with Crippen molar-refractivity contribution in [2.45, 2.75) is 20.3 Å². The van der Waals surface area contributed by atoms with Gasteiger partial charge in [0.25, 0.3) is 0 Å². The molecule has 3 nitrogen and oxygen atoms in total. The molecule has 0 radical (unpaired) electrons. The Morgan fingerprint density at radius 3 is 2.54 bits per heavy atom. The summed E-state index contributed by atoms with van der Waals surface area (Å²) in [5.41, 5.74) is 0.792. The number of hydrogen-bond acceptors (Lipinski definition) is 3. The van der Waals surface area contributed by atoms with Crippen molar-refractivity contribution >= 4 is 23.2 Å². The van der Waals surface area contributed by atoms with Crippen LogP contribution in [0, 0.1) is 0 Å². The molecule has 74 valence electrons. The Bertz CT molecular complexity index is 214. The van der Waals surface area contributed by atoms with E-state index < -0.39 is 0 Å². The number of hydrogen-bond donors (Lipinski definition) is 1. The van der Waals surface area contributed by atoms with Gasteiger partial charge in [-0.2, -0.15) is 0 Å². The van der Waals surface area contributed by atoms with Crippen molar-refractivity contribution in [3.8, 4) is 0 Å². The van der Waals surface area contributed by atoms with Crippen LogP contribution in [-0.4, -0.2) is 16.4 Å². The zero-order chi connectivity index (χ0) is 9.23. The zero-order valence-corrected chi connectivity index (χ0v) is 9.56. The molecule has 0 saturated heterocycles. The van der Waals surface area contributed by atoms with Crippen LogP contribution in [0.1, 0.15) is 25.8 Å². The van der Waals surface area contributed by atoms with Gasteiger partial charge in [0.05, 0.1) is 6.21 Å². The van der Waals surface area contributed by atoms with E-state index in [2.05, 4.69) is 24.0 Å². The molecule has 0 aliphatic rings. The normalized spacial score (nSPS) is 8.46. The van der Waals surface area contributed by atoms with Crippen molar-refractivity contribution in [3.05, 3.63) is 30.1 Å². The summed E-state index contributed by atoms with van der Waals surface area (Å²) in [6.45, 7) is 4.25. The molecule has 13 heavy (non-hydrogen) atoms. The lowest BCUT2D eigenvalue weighted by atomic mass is 10.3. The van der Waals surface area contributed by atoms with Gasteiger partial charge >= 0.3 is 0 Å². The summed E-state index contributed by atoms with van der Waals surface area (Å²) < 4.78 is 0. The average Bonchev–Trinajstić information content (AvgIpc) is 2.08. The molecule has 0 bridgehead atoms. The summed E-state index contributed by atoms with van der Waals surface area (Å²) in [5, 5.41) is 10.9. The number of pyridine rings is 1. The highest BCUT2D eigenvalue weighted by Gasteiger charge is 1.81. The van der Waals surface area contributed by atoms with Crippen LogP contribution >= 0.6 is 17.0 Å². The molecule has 1 rings (SSSR count). The fourth-order valence-corrected chi connectivity index (χ4v) is 0.519. The predicted octanol–water partition coefficient (Wildman–Crippen LogP) is 2.88. The van der Waals surface area contributed by atoms with Crippen LogP contribution in [0.25, 0.3) is 0 Å². The molecule has 1 heterocycles. The second kappa shape index (κ2) is 11.1. The molecule has 0 aliphatic carbocycles. The standard InChI is InChI=1S/C6H6N2O.C3H8.BrH/c9-8-5-6-2-1-3-7-4-6;1-3-2;/h1-5,9H;3H2,1-2H3;1H. The van der Waals surface area contributed by atoms with Crippen LogP contribution in [0.15, 0.2) is 29.7 Å². The van der Waals surface area contributed by atoms with Crippen LogP contribution in [0.2, 0.25) is 0 Å². The first-order valence-electron chi connectivity index (χ1n) is 3.92. The van der Waals surface area contributed by atoms with Gasteiger partial charge in [-0.05, 0) is 6.07 Å². The number of nitrogens with zero attached hydrogens (tertiary/aromatic N) is 2. The van der Waals surface area contributed by atoms with Crippen molar-refractivity contribution in [2.75, 3.05) is 0 Å². The Kier molecular flexibility index (Phi) is 12.5. The van der Waals surface area contributed by atoms with E-state index >= 15 is 0 Å². The Labute approximate surface area is 89.3 Å². The van der Waals surface area contributed by atoms with E-state index in [4.69, 9.17) is 5.21 Å². The maximum absolute atomic E-state index is 8.06. The fourth-order valence-electron chi connectivity index (χ4n) is 0.519. The molecule has 1 N–H and O–H groups in total. The van der Waals surface area contributed by atoms with Crippen LogP contribution in [0.5, 0.6) is 0 Å². The van der Waals surface area contributed by atoms with E-state index in [-0.39, 0.29) is 17.0 Å². The minimum absolute atomic E-state index is 0. The largest absolute Gasteiger partial charge is 0.411 e. The number of rotatable bonds is 1. The quantitative estimate of drug-likeness (QED) is 0.471. The summed E-state index contributed by atoms with van der Waals surface area (Å²) in [6, 6.07) is 3.57. The fraction of sp³-hybridized carbons (Fsp3) is 0.333. The summed E-state index contributed by atoms with van der Waals surface area (Å²) in [6.07, 6.45) is 5.85. The summed E-state index contributed by atoms with van der Waals surface area (Å²) >= 11 is 0. The molecule has 0 fully saturated rings. The SMILES string of the molecule is Br.CCC.ON=Cc1cccnc1. The van der Waals surface area contributed by atoms with Crippen LogP contribution < -0.4 is 0 Å². The molecule has 1 aromatic heterocycles. The monoisotopic (exact) mass is 246 g/mol. The number of oxime groups is 1. The van der Waals surface area contributed by atoms with Gasteiger partial charge in [-0.25, -0.2) is 0 Å². The van der Waals surface area contributed by atoms with Gasteiger partial charge in [-0.3, -0.25) is 4.98 Å². The first-order chi connectivity index (χ1) is 5.85. The smallest absolute Gasteiger partial charge is 0.0749 e. The zero-order valence-electron chi connectivity index (χ0n) is 7.84. The molecule has 0 saturated carbocycles. The van der Waals surface area contributed by atoms with E-state index in [1.165, 1.54) is 12.6 Å². The van der Waals surface area contributed by atoms with Crippen molar-refractivity contribution in [2.24, 2.45) is 5.16 Å². The summed E-state index contributed by atoms with van der Waals surface area (Å²) in [5.74, 6) is 0. The van der Waals surface area contributed by atoms with E-state index in [0.29, 0.717) is 0 Å². The lowest BCUT2D eigenvalue weighted by Crippen LogP contribution is -1.79. The second-order valence-electron chi connectivity index (χ2n) is 2.24. The molecule has 4 heteroatoms. The van der Waals surface area contributed by atoms with Crippen molar-refractivity contribution in [1.82, 2.24) is 4.98 Å². The van der Waals surface area contributed by atoms with Gasteiger partial charge in [0, 0.05) is 18.0 Å². The van der Waals surface area contributed by atoms with Gasteiger partial charge in [-0.1, -0.05) is 31.5 Å². The molecule has 0 aromatic carbocycles.